The fourth-order valence-corrected chi connectivity index (χ4v) is 1.68. The topological polar surface area (TPSA) is 38.9 Å². The molecule has 0 atom stereocenters. The van der Waals surface area contributed by atoms with Gasteiger partial charge in [0.1, 0.15) is 11.6 Å². The van der Waals surface area contributed by atoms with Gasteiger partial charge in [-0.25, -0.2) is 8.78 Å². The molecule has 102 valence electrons. The first-order valence-corrected chi connectivity index (χ1v) is 5.90. The van der Waals surface area contributed by atoms with E-state index in [1.54, 1.807) is 0 Å². The molecule has 2 aromatic rings. The van der Waals surface area contributed by atoms with Gasteiger partial charge in [-0.3, -0.25) is 0 Å². The van der Waals surface area contributed by atoms with Crippen molar-refractivity contribution in [2.75, 3.05) is 0 Å². The smallest absolute Gasteiger partial charge is 0.329 e. The van der Waals surface area contributed by atoms with Gasteiger partial charge < -0.3 is 4.52 Å². The van der Waals surface area contributed by atoms with E-state index in [2.05, 4.69) is 30.6 Å². The van der Waals surface area contributed by atoms with Crippen molar-refractivity contribution in [1.29, 1.82) is 0 Å². The predicted molar refractivity (Wildman–Crippen MR) is 57.3 cm³/mol. The van der Waals surface area contributed by atoms with E-state index in [1.807, 2.05) is 0 Å². The van der Waals surface area contributed by atoms with Crippen LogP contribution in [0.15, 0.2) is 16.7 Å². The maximum Gasteiger partial charge on any atom is 0.471 e. The molecular weight excluding hydrogens is 339 g/mol. The van der Waals surface area contributed by atoms with E-state index in [9.17, 15) is 22.0 Å². The number of hydrogen-bond acceptors (Lipinski definition) is 3. The number of hydrogen-bond donors (Lipinski definition) is 0. The van der Waals surface area contributed by atoms with Gasteiger partial charge >= 0.3 is 12.1 Å². The molecule has 0 aliphatic rings. The molecule has 1 aromatic heterocycles. The van der Waals surface area contributed by atoms with Gasteiger partial charge in [0.25, 0.3) is 0 Å². The van der Waals surface area contributed by atoms with Crippen molar-refractivity contribution in [3.05, 3.63) is 35.2 Å². The second-order valence-corrected chi connectivity index (χ2v) is 4.05. The quantitative estimate of drug-likeness (QED) is 0.613. The van der Waals surface area contributed by atoms with Crippen molar-refractivity contribution < 1.29 is 26.5 Å². The van der Waals surface area contributed by atoms with Gasteiger partial charge in [-0.05, 0) is 17.7 Å². The summed E-state index contributed by atoms with van der Waals surface area (Å²) < 4.78 is 67.9. The molecule has 1 aromatic carbocycles. The third-order valence-corrected chi connectivity index (χ3v) is 2.80. The molecule has 0 aliphatic carbocycles. The van der Waals surface area contributed by atoms with E-state index in [-0.39, 0.29) is 5.33 Å². The molecule has 0 amide bonds. The summed E-state index contributed by atoms with van der Waals surface area (Å²) in [6.07, 6.45) is -4.87. The fourth-order valence-electron chi connectivity index (χ4n) is 1.36. The van der Waals surface area contributed by atoms with E-state index >= 15 is 0 Å². The zero-order valence-electron chi connectivity index (χ0n) is 8.93. The third-order valence-electron chi connectivity index (χ3n) is 2.15. The maximum atomic E-state index is 13.6. The van der Waals surface area contributed by atoms with Crippen LogP contribution in [0.3, 0.4) is 0 Å². The normalized spacial score (nSPS) is 11.9. The number of alkyl halides is 4. The highest BCUT2D eigenvalue weighted by atomic mass is 79.9. The first-order valence-electron chi connectivity index (χ1n) is 4.78. The van der Waals surface area contributed by atoms with Gasteiger partial charge in [0.05, 0.1) is 5.56 Å². The van der Waals surface area contributed by atoms with Crippen LogP contribution in [0.2, 0.25) is 0 Å². The van der Waals surface area contributed by atoms with Crippen LogP contribution in [0.4, 0.5) is 22.0 Å². The molecule has 0 fully saturated rings. The molecule has 3 nitrogen and oxygen atoms in total. The van der Waals surface area contributed by atoms with Crippen molar-refractivity contribution in [2.24, 2.45) is 0 Å². The lowest BCUT2D eigenvalue weighted by Crippen LogP contribution is -2.05. The monoisotopic (exact) mass is 342 g/mol. The second-order valence-electron chi connectivity index (χ2n) is 3.49. The van der Waals surface area contributed by atoms with Crippen LogP contribution >= 0.6 is 15.9 Å². The number of nitrogens with zero attached hydrogens (tertiary/aromatic N) is 2. The van der Waals surface area contributed by atoms with E-state index < -0.39 is 35.1 Å². The zero-order valence-corrected chi connectivity index (χ0v) is 10.5. The SMILES string of the molecule is Fc1cc(CBr)cc(F)c1-c1noc(C(F)(F)F)n1. The lowest BCUT2D eigenvalue weighted by Gasteiger charge is -2.02. The van der Waals surface area contributed by atoms with E-state index in [1.165, 1.54) is 0 Å². The van der Waals surface area contributed by atoms with E-state index in [0.717, 1.165) is 12.1 Å². The third kappa shape index (κ3) is 2.75. The first-order chi connectivity index (χ1) is 8.82. The Hall–Kier alpha value is -1.51. The zero-order chi connectivity index (χ0) is 14.2. The Kier molecular flexibility index (Phi) is 3.57. The minimum atomic E-state index is -4.87. The Bertz CT molecular complexity index is 587. The molecule has 19 heavy (non-hydrogen) atoms. The highest BCUT2D eigenvalue weighted by molar-refractivity contribution is 9.08. The molecule has 1 heterocycles. The molecule has 0 saturated heterocycles. The number of aromatic nitrogens is 2. The summed E-state index contributed by atoms with van der Waals surface area (Å²) in [7, 11) is 0. The Morgan fingerprint density at radius 2 is 1.74 bits per heavy atom. The predicted octanol–water partition coefficient (Wildman–Crippen LogP) is 3.93. The highest BCUT2D eigenvalue weighted by Gasteiger charge is 2.39. The largest absolute Gasteiger partial charge is 0.471 e. The molecule has 0 bridgehead atoms. The summed E-state index contributed by atoms with van der Waals surface area (Å²) in [6.45, 7) is 0. The van der Waals surface area contributed by atoms with Gasteiger partial charge in [-0.2, -0.15) is 18.2 Å². The molecular formula is C10H4BrF5N2O. The van der Waals surface area contributed by atoms with Crippen LogP contribution < -0.4 is 0 Å². The minimum absolute atomic E-state index is 0.196. The molecule has 0 spiro atoms. The lowest BCUT2D eigenvalue weighted by atomic mass is 10.1. The Labute approximate surface area is 111 Å². The number of rotatable bonds is 2. The van der Waals surface area contributed by atoms with Crippen LogP contribution in [0, 0.1) is 11.6 Å². The molecule has 0 aliphatic heterocycles. The first kappa shape index (κ1) is 13.9. The Morgan fingerprint density at radius 3 is 2.16 bits per heavy atom. The van der Waals surface area contributed by atoms with Crippen LogP contribution in [0.1, 0.15) is 11.5 Å². The van der Waals surface area contributed by atoms with Gasteiger partial charge in [0.15, 0.2) is 0 Å². The lowest BCUT2D eigenvalue weighted by molar-refractivity contribution is -0.159. The second kappa shape index (κ2) is 4.87. The van der Waals surface area contributed by atoms with Gasteiger partial charge in [-0.15, -0.1) is 0 Å². The molecule has 2 rings (SSSR count). The van der Waals surface area contributed by atoms with Crippen molar-refractivity contribution in [2.45, 2.75) is 11.5 Å². The summed E-state index contributed by atoms with van der Waals surface area (Å²) in [5.74, 6) is -4.58. The molecule has 0 N–H and O–H groups in total. The van der Waals surface area contributed by atoms with Crippen molar-refractivity contribution >= 4 is 15.9 Å². The maximum absolute atomic E-state index is 13.6. The molecule has 0 unspecified atom stereocenters. The number of benzene rings is 1. The summed E-state index contributed by atoms with van der Waals surface area (Å²) in [5, 5.41) is 3.13. The summed E-state index contributed by atoms with van der Waals surface area (Å²) in [4.78, 5) is 2.93. The average Bonchev–Trinajstić information content (AvgIpc) is 2.76. The standard InChI is InChI=1S/C10H4BrF5N2O/c11-3-4-1-5(12)7(6(13)2-4)8-17-9(19-18-8)10(14,15)16/h1-2H,3H2. The van der Waals surface area contributed by atoms with Crippen LogP contribution in [-0.4, -0.2) is 10.1 Å². The van der Waals surface area contributed by atoms with E-state index in [0.29, 0.717) is 5.56 Å². The van der Waals surface area contributed by atoms with E-state index in [4.69, 9.17) is 0 Å². The van der Waals surface area contributed by atoms with Crippen molar-refractivity contribution in [3.63, 3.8) is 0 Å². The Balaban J connectivity index is 2.51. The summed E-state index contributed by atoms with van der Waals surface area (Å²) in [6, 6.07) is 1.94. The van der Waals surface area contributed by atoms with Crippen molar-refractivity contribution in [1.82, 2.24) is 10.1 Å². The van der Waals surface area contributed by atoms with Gasteiger partial charge in [-0.1, -0.05) is 21.1 Å². The highest BCUT2D eigenvalue weighted by Crippen LogP contribution is 2.31. The Morgan fingerprint density at radius 1 is 1.16 bits per heavy atom. The van der Waals surface area contributed by atoms with Crippen LogP contribution in [-0.2, 0) is 11.5 Å². The van der Waals surface area contributed by atoms with Crippen LogP contribution in [0.5, 0.6) is 0 Å². The summed E-state index contributed by atoms with van der Waals surface area (Å²) >= 11 is 3.00. The minimum Gasteiger partial charge on any atom is -0.329 e. The molecule has 0 radical (unpaired) electrons. The van der Waals surface area contributed by atoms with Gasteiger partial charge in [0.2, 0.25) is 5.82 Å². The molecule has 9 heteroatoms. The average molecular weight is 343 g/mol. The van der Waals surface area contributed by atoms with Gasteiger partial charge in [0, 0.05) is 5.33 Å². The van der Waals surface area contributed by atoms with Crippen molar-refractivity contribution in [3.8, 4) is 11.4 Å². The molecule has 0 saturated carbocycles. The summed E-state index contributed by atoms with van der Waals surface area (Å²) in [5.41, 5.74) is -0.470. The fraction of sp³-hybridized carbons (Fsp3) is 0.200. The number of halogens is 6. The van der Waals surface area contributed by atoms with Crippen LogP contribution in [0.25, 0.3) is 11.4 Å².